The molecule has 0 aromatic rings. The van der Waals surface area contributed by atoms with Crippen molar-refractivity contribution in [3.63, 3.8) is 0 Å². The lowest BCUT2D eigenvalue weighted by Gasteiger charge is -2.26. The molecule has 1 amide bonds. The van der Waals surface area contributed by atoms with Gasteiger partial charge in [-0.2, -0.15) is 0 Å². The summed E-state index contributed by atoms with van der Waals surface area (Å²) < 4.78 is 0. The van der Waals surface area contributed by atoms with Crippen molar-refractivity contribution in [3.8, 4) is 0 Å². The molecule has 1 N–H and O–H groups in total. The molecule has 0 unspecified atom stereocenters. The molecule has 2 fully saturated rings. The van der Waals surface area contributed by atoms with Crippen LogP contribution in [0.1, 0.15) is 51.4 Å². The third kappa shape index (κ3) is 3.06. The Morgan fingerprint density at radius 1 is 1.19 bits per heavy atom. The highest BCUT2D eigenvalue weighted by Crippen LogP contribution is 2.28. The minimum absolute atomic E-state index is 0.0964. The summed E-state index contributed by atoms with van der Waals surface area (Å²) in [5.74, 6) is 1.44. The second-order valence-electron chi connectivity index (χ2n) is 5.19. The lowest BCUT2D eigenvalue weighted by molar-refractivity contribution is -0.128. The van der Waals surface area contributed by atoms with Crippen molar-refractivity contribution in [1.82, 2.24) is 5.32 Å². The Morgan fingerprint density at radius 3 is 2.44 bits per heavy atom. The summed E-state index contributed by atoms with van der Waals surface area (Å²) in [6.45, 7) is 0.827. The highest BCUT2D eigenvalue weighted by molar-refractivity contribution is 5.84. The molecule has 0 spiro atoms. The fraction of sp³-hybridized carbons (Fsp3) is 0.846. The van der Waals surface area contributed by atoms with Gasteiger partial charge >= 0.3 is 0 Å². The largest absolute Gasteiger partial charge is 0.356 e. The number of hydrogen-bond donors (Lipinski definition) is 1. The number of rotatable bonds is 4. The van der Waals surface area contributed by atoms with E-state index in [2.05, 4.69) is 5.32 Å². The van der Waals surface area contributed by atoms with Crippen molar-refractivity contribution in [1.29, 1.82) is 0 Å². The molecule has 2 aliphatic carbocycles. The zero-order valence-electron chi connectivity index (χ0n) is 9.84. The van der Waals surface area contributed by atoms with E-state index < -0.39 is 0 Å². The van der Waals surface area contributed by atoms with Gasteiger partial charge in [-0.3, -0.25) is 9.59 Å². The molecule has 0 aliphatic heterocycles. The van der Waals surface area contributed by atoms with Crippen molar-refractivity contribution in [3.05, 3.63) is 0 Å². The van der Waals surface area contributed by atoms with Crippen molar-refractivity contribution >= 4 is 11.7 Å². The molecule has 0 atom stereocenters. The van der Waals surface area contributed by atoms with Crippen molar-refractivity contribution in [2.75, 3.05) is 6.54 Å². The van der Waals surface area contributed by atoms with E-state index in [0.29, 0.717) is 18.6 Å². The smallest absolute Gasteiger partial charge is 0.223 e. The van der Waals surface area contributed by atoms with Crippen LogP contribution in [0, 0.1) is 11.8 Å². The fourth-order valence-electron chi connectivity index (χ4n) is 2.53. The lowest BCUT2D eigenvalue weighted by atomic mass is 9.83. The maximum absolute atomic E-state index is 11.8. The molecule has 2 rings (SSSR count). The third-order valence-corrected chi connectivity index (χ3v) is 3.99. The van der Waals surface area contributed by atoms with Crippen LogP contribution in [-0.2, 0) is 9.59 Å². The fourth-order valence-corrected chi connectivity index (χ4v) is 2.53. The van der Waals surface area contributed by atoms with E-state index in [0.717, 1.165) is 31.7 Å². The molecule has 0 heterocycles. The van der Waals surface area contributed by atoms with Crippen molar-refractivity contribution in [2.45, 2.75) is 51.4 Å². The SMILES string of the molecule is O=C1CCC(C(=O)NCCC2CCC2)CC1. The second-order valence-corrected chi connectivity index (χ2v) is 5.19. The van der Waals surface area contributed by atoms with Crippen molar-refractivity contribution < 1.29 is 9.59 Å². The Kier molecular flexibility index (Phi) is 3.97. The van der Waals surface area contributed by atoms with Crippen LogP contribution in [0.4, 0.5) is 0 Å². The van der Waals surface area contributed by atoms with Gasteiger partial charge in [-0.05, 0) is 25.2 Å². The molecule has 2 aliphatic rings. The maximum Gasteiger partial charge on any atom is 0.223 e. The zero-order valence-corrected chi connectivity index (χ0v) is 9.84. The van der Waals surface area contributed by atoms with Gasteiger partial charge in [0.05, 0.1) is 0 Å². The first-order valence-electron chi connectivity index (χ1n) is 6.55. The number of carbonyl (C=O) groups excluding carboxylic acids is 2. The second kappa shape index (κ2) is 5.46. The van der Waals surface area contributed by atoms with E-state index in [1.807, 2.05) is 0 Å². The van der Waals surface area contributed by atoms with Crippen LogP contribution >= 0.6 is 0 Å². The van der Waals surface area contributed by atoms with Gasteiger partial charge in [0.25, 0.3) is 0 Å². The van der Waals surface area contributed by atoms with Gasteiger partial charge in [0.2, 0.25) is 5.91 Å². The molecule has 0 radical (unpaired) electrons. The molecular weight excluding hydrogens is 202 g/mol. The standard InChI is InChI=1S/C13H21NO2/c15-12-6-4-11(5-7-12)13(16)14-9-8-10-2-1-3-10/h10-11H,1-9H2,(H,14,16). The topological polar surface area (TPSA) is 46.2 Å². The van der Waals surface area contributed by atoms with Crippen LogP contribution in [0.25, 0.3) is 0 Å². The predicted molar refractivity (Wildman–Crippen MR) is 61.9 cm³/mol. The molecule has 90 valence electrons. The Labute approximate surface area is 97.0 Å². The van der Waals surface area contributed by atoms with Gasteiger partial charge in [0.1, 0.15) is 5.78 Å². The molecule has 0 bridgehead atoms. The predicted octanol–water partition coefficient (Wildman–Crippen LogP) is 2.05. The first-order chi connectivity index (χ1) is 7.75. The summed E-state index contributed by atoms with van der Waals surface area (Å²) in [7, 11) is 0. The number of ketones is 1. The van der Waals surface area contributed by atoms with Gasteiger partial charge in [-0.1, -0.05) is 19.3 Å². The van der Waals surface area contributed by atoms with E-state index in [-0.39, 0.29) is 11.8 Å². The van der Waals surface area contributed by atoms with Gasteiger partial charge in [0, 0.05) is 25.3 Å². The Balaban J connectivity index is 1.61. The Bertz CT molecular complexity index is 261. The summed E-state index contributed by atoms with van der Waals surface area (Å²) in [6.07, 6.45) is 7.89. The first-order valence-corrected chi connectivity index (χ1v) is 6.55. The van der Waals surface area contributed by atoms with E-state index in [9.17, 15) is 9.59 Å². The average molecular weight is 223 g/mol. The highest BCUT2D eigenvalue weighted by atomic mass is 16.2. The monoisotopic (exact) mass is 223 g/mol. The number of nitrogens with one attached hydrogen (secondary N) is 1. The molecule has 2 saturated carbocycles. The van der Waals surface area contributed by atoms with Crippen LogP contribution in [0.5, 0.6) is 0 Å². The van der Waals surface area contributed by atoms with Crippen LogP contribution in [0.3, 0.4) is 0 Å². The maximum atomic E-state index is 11.8. The van der Waals surface area contributed by atoms with Crippen LogP contribution < -0.4 is 5.32 Å². The van der Waals surface area contributed by atoms with Crippen LogP contribution in [-0.4, -0.2) is 18.2 Å². The summed E-state index contributed by atoms with van der Waals surface area (Å²) >= 11 is 0. The molecule has 3 nitrogen and oxygen atoms in total. The Hall–Kier alpha value is -0.860. The number of Topliss-reactive ketones (excluding diaryl/α,β-unsaturated/α-hetero) is 1. The molecular formula is C13H21NO2. The van der Waals surface area contributed by atoms with Crippen LogP contribution in [0.15, 0.2) is 0 Å². The zero-order chi connectivity index (χ0) is 11.4. The molecule has 0 aromatic carbocycles. The van der Waals surface area contributed by atoms with Gasteiger partial charge in [-0.15, -0.1) is 0 Å². The number of amides is 1. The summed E-state index contributed by atoms with van der Waals surface area (Å²) in [6, 6.07) is 0. The normalized spacial score (nSPS) is 22.9. The van der Waals surface area contributed by atoms with Gasteiger partial charge < -0.3 is 5.32 Å². The molecule has 0 aromatic heterocycles. The summed E-state index contributed by atoms with van der Waals surface area (Å²) in [4.78, 5) is 22.8. The number of carbonyl (C=O) groups is 2. The molecule has 3 heteroatoms. The summed E-state index contributed by atoms with van der Waals surface area (Å²) in [5.41, 5.74) is 0. The van der Waals surface area contributed by atoms with E-state index in [1.165, 1.54) is 19.3 Å². The highest BCUT2D eigenvalue weighted by Gasteiger charge is 2.24. The summed E-state index contributed by atoms with van der Waals surface area (Å²) in [5, 5.41) is 3.02. The van der Waals surface area contributed by atoms with Crippen LogP contribution in [0.2, 0.25) is 0 Å². The average Bonchev–Trinajstić information content (AvgIpc) is 2.22. The third-order valence-electron chi connectivity index (χ3n) is 3.99. The Morgan fingerprint density at radius 2 is 1.88 bits per heavy atom. The van der Waals surface area contributed by atoms with Crippen molar-refractivity contribution in [2.24, 2.45) is 11.8 Å². The quantitative estimate of drug-likeness (QED) is 0.793. The number of hydrogen-bond acceptors (Lipinski definition) is 2. The minimum Gasteiger partial charge on any atom is -0.356 e. The lowest BCUT2D eigenvalue weighted by Crippen LogP contribution is -2.34. The first kappa shape index (κ1) is 11.6. The van der Waals surface area contributed by atoms with Gasteiger partial charge in [0.15, 0.2) is 0 Å². The molecule has 16 heavy (non-hydrogen) atoms. The van der Waals surface area contributed by atoms with E-state index in [1.54, 1.807) is 0 Å². The van der Waals surface area contributed by atoms with Gasteiger partial charge in [-0.25, -0.2) is 0 Å². The van der Waals surface area contributed by atoms with E-state index in [4.69, 9.17) is 0 Å². The minimum atomic E-state index is 0.0964. The molecule has 0 saturated heterocycles. The van der Waals surface area contributed by atoms with E-state index >= 15 is 0 Å².